The molecule has 1 heterocycles. The molecule has 1 N–H and O–H groups in total. The number of carbonyl (C=O) groups excluding carboxylic acids is 4. The first-order valence-electron chi connectivity index (χ1n) is 9.51. The number of nitrogens with one attached hydrogen (secondary N) is 1. The molecule has 3 amide bonds. The van der Waals surface area contributed by atoms with Gasteiger partial charge in [-0.2, -0.15) is 0 Å². The Morgan fingerprint density at radius 2 is 1.57 bits per heavy atom. The van der Waals surface area contributed by atoms with Crippen LogP contribution in [0.1, 0.15) is 37.0 Å². The minimum atomic E-state index is -1.02. The molecule has 1 saturated heterocycles. The first-order chi connectivity index (χ1) is 13.4. The van der Waals surface area contributed by atoms with E-state index in [1.807, 2.05) is 0 Å². The number of piperazine rings is 1. The Morgan fingerprint density at radius 3 is 2.07 bits per heavy atom. The third kappa shape index (κ3) is 4.00. The van der Waals surface area contributed by atoms with E-state index in [4.69, 9.17) is 4.74 Å². The molecule has 1 aromatic rings. The molecule has 0 spiro atoms. The number of esters is 1. The Labute approximate surface area is 163 Å². The van der Waals surface area contributed by atoms with Gasteiger partial charge in [0.25, 0.3) is 0 Å². The summed E-state index contributed by atoms with van der Waals surface area (Å²) in [5.74, 6) is -0.914. The normalized spacial score (nSPS) is 17.6. The van der Waals surface area contributed by atoms with Crippen LogP contribution in [-0.2, 0) is 19.1 Å². The van der Waals surface area contributed by atoms with Gasteiger partial charge in [0, 0.05) is 38.8 Å². The van der Waals surface area contributed by atoms with E-state index in [0.29, 0.717) is 56.9 Å². The molecule has 150 valence electrons. The lowest BCUT2D eigenvalue weighted by molar-refractivity contribution is -0.146. The molecule has 1 aliphatic carbocycles. The summed E-state index contributed by atoms with van der Waals surface area (Å²) < 4.78 is 4.93. The molecule has 28 heavy (non-hydrogen) atoms. The molecule has 1 saturated carbocycles. The molecule has 0 aromatic heterocycles. The summed E-state index contributed by atoms with van der Waals surface area (Å²) in [6.07, 6.45) is 1.04. The van der Waals surface area contributed by atoms with Gasteiger partial charge in [0.1, 0.15) is 5.41 Å². The SMILES string of the molecule is CCOC(=O)c1ccc(NC(=O)C2(C(=O)N3CCN(C(C)=O)CC3)CC2)cc1. The highest BCUT2D eigenvalue weighted by Gasteiger charge is 2.58. The van der Waals surface area contributed by atoms with E-state index in [1.54, 1.807) is 41.0 Å². The number of benzene rings is 1. The van der Waals surface area contributed by atoms with E-state index in [2.05, 4.69) is 5.32 Å². The molecular weight excluding hydrogens is 362 g/mol. The smallest absolute Gasteiger partial charge is 0.338 e. The van der Waals surface area contributed by atoms with Crippen molar-refractivity contribution < 1.29 is 23.9 Å². The molecule has 8 heteroatoms. The van der Waals surface area contributed by atoms with Gasteiger partial charge in [-0.3, -0.25) is 14.4 Å². The van der Waals surface area contributed by atoms with Crippen LogP contribution < -0.4 is 5.32 Å². The molecule has 1 aromatic carbocycles. The average molecular weight is 387 g/mol. The van der Waals surface area contributed by atoms with Crippen LogP contribution in [0.25, 0.3) is 0 Å². The fourth-order valence-electron chi connectivity index (χ4n) is 3.34. The average Bonchev–Trinajstić information content (AvgIpc) is 3.50. The van der Waals surface area contributed by atoms with Gasteiger partial charge in [0.15, 0.2) is 0 Å². The molecule has 0 atom stereocenters. The summed E-state index contributed by atoms with van der Waals surface area (Å²) in [5.41, 5.74) is -0.0861. The van der Waals surface area contributed by atoms with Gasteiger partial charge in [-0.15, -0.1) is 0 Å². The maximum Gasteiger partial charge on any atom is 0.338 e. The summed E-state index contributed by atoms with van der Waals surface area (Å²) in [6.45, 7) is 5.42. The van der Waals surface area contributed by atoms with Gasteiger partial charge in [-0.25, -0.2) is 4.79 Å². The van der Waals surface area contributed by atoms with Crippen molar-refractivity contribution >= 4 is 29.4 Å². The Bertz CT molecular complexity index is 778. The second kappa shape index (κ2) is 8.00. The van der Waals surface area contributed by atoms with Gasteiger partial charge in [-0.05, 0) is 44.0 Å². The van der Waals surface area contributed by atoms with E-state index in [-0.39, 0.29) is 17.7 Å². The molecule has 2 fully saturated rings. The minimum Gasteiger partial charge on any atom is -0.462 e. The summed E-state index contributed by atoms with van der Waals surface area (Å²) in [7, 11) is 0. The molecule has 3 rings (SSSR count). The minimum absolute atomic E-state index is 0.00255. The van der Waals surface area contributed by atoms with Gasteiger partial charge in [0.05, 0.1) is 12.2 Å². The molecule has 0 radical (unpaired) electrons. The fourth-order valence-corrected chi connectivity index (χ4v) is 3.34. The topological polar surface area (TPSA) is 96.0 Å². The summed E-state index contributed by atoms with van der Waals surface area (Å²) >= 11 is 0. The second-order valence-corrected chi connectivity index (χ2v) is 7.13. The Balaban J connectivity index is 1.60. The highest BCUT2D eigenvalue weighted by atomic mass is 16.5. The third-order valence-corrected chi connectivity index (χ3v) is 5.26. The van der Waals surface area contributed by atoms with Gasteiger partial charge < -0.3 is 19.9 Å². The van der Waals surface area contributed by atoms with E-state index in [0.717, 1.165) is 0 Å². The number of amides is 3. The largest absolute Gasteiger partial charge is 0.462 e. The lowest BCUT2D eigenvalue weighted by atomic mass is 10.0. The number of ether oxygens (including phenoxy) is 1. The standard InChI is InChI=1S/C20H25N3O5/c1-3-28-17(25)15-4-6-16(7-5-15)21-18(26)20(8-9-20)19(27)23-12-10-22(11-13-23)14(2)24/h4-7H,3,8-13H2,1-2H3,(H,21,26). The lowest BCUT2D eigenvalue weighted by Gasteiger charge is -2.35. The van der Waals surface area contributed by atoms with E-state index in [9.17, 15) is 19.2 Å². The number of rotatable bonds is 5. The van der Waals surface area contributed by atoms with Crippen LogP contribution in [0.5, 0.6) is 0 Å². The van der Waals surface area contributed by atoms with E-state index < -0.39 is 11.4 Å². The van der Waals surface area contributed by atoms with Crippen molar-refractivity contribution in [1.82, 2.24) is 9.80 Å². The predicted octanol–water partition coefficient (Wildman–Crippen LogP) is 1.27. The van der Waals surface area contributed by atoms with Crippen molar-refractivity contribution in [3.63, 3.8) is 0 Å². The fraction of sp³-hybridized carbons (Fsp3) is 0.500. The molecule has 8 nitrogen and oxygen atoms in total. The molecule has 0 bridgehead atoms. The third-order valence-electron chi connectivity index (χ3n) is 5.26. The maximum absolute atomic E-state index is 12.9. The second-order valence-electron chi connectivity index (χ2n) is 7.13. The highest BCUT2D eigenvalue weighted by molar-refractivity contribution is 6.13. The zero-order chi connectivity index (χ0) is 20.3. The van der Waals surface area contributed by atoms with E-state index in [1.165, 1.54) is 6.92 Å². The Hall–Kier alpha value is -2.90. The zero-order valence-electron chi connectivity index (χ0n) is 16.2. The molecule has 1 aliphatic heterocycles. The number of hydrogen-bond donors (Lipinski definition) is 1. The van der Waals surface area contributed by atoms with Crippen molar-refractivity contribution in [2.45, 2.75) is 26.7 Å². The summed E-state index contributed by atoms with van der Waals surface area (Å²) in [4.78, 5) is 52.2. The summed E-state index contributed by atoms with van der Waals surface area (Å²) in [5, 5.41) is 2.79. The van der Waals surface area contributed by atoms with Crippen LogP contribution in [0.2, 0.25) is 0 Å². The van der Waals surface area contributed by atoms with Crippen molar-refractivity contribution in [2.24, 2.45) is 5.41 Å². The van der Waals surface area contributed by atoms with Crippen molar-refractivity contribution in [3.8, 4) is 0 Å². The molecule has 0 unspecified atom stereocenters. The van der Waals surface area contributed by atoms with Gasteiger partial charge >= 0.3 is 5.97 Å². The van der Waals surface area contributed by atoms with Gasteiger partial charge in [-0.1, -0.05) is 0 Å². The first kappa shape index (κ1) is 19.9. The predicted molar refractivity (Wildman–Crippen MR) is 102 cm³/mol. The maximum atomic E-state index is 12.9. The van der Waals surface area contributed by atoms with Crippen LogP contribution in [-0.4, -0.2) is 66.3 Å². The summed E-state index contributed by atoms with van der Waals surface area (Å²) in [6, 6.07) is 6.40. The molecule has 2 aliphatic rings. The first-order valence-corrected chi connectivity index (χ1v) is 9.51. The number of anilines is 1. The van der Waals surface area contributed by atoms with Crippen LogP contribution in [0.4, 0.5) is 5.69 Å². The van der Waals surface area contributed by atoms with Crippen LogP contribution >= 0.6 is 0 Å². The number of nitrogens with zero attached hydrogens (tertiary/aromatic N) is 2. The highest BCUT2D eigenvalue weighted by Crippen LogP contribution is 2.48. The van der Waals surface area contributed by atoms with Crippen molar-refractivity contribution in [3.05, 3.63) is 29.8 Å². The monoisotopic (exact) mass is 387 g/mol. The van der Waals surface area contributed by atoms with Crippen molar-refractivity contribution in [2.75, 3.05) is 38.1 Å². The van der Waals surface area contributed by atoms with Crippen molar-refractivity contribution in [1.29, 1.82) is 0 Å². The van der Waals surface area contributed by atoms with Gasteiger partial charge in [0.2, 0.25) is 17.7 Å². The number of hydrogen-bond acceptors (Lipinski definition) is 5. The van der Waals surface area contributed by atoms with E-state index >= 15 is 0 Å². The Kier molecular flexibility index (Phi) is 5.67. The lowest BCUT2D eigenvalue weighted by Crippen LogP contribution is -2.53. The van der Waals surface area contributed by atoms with Crippen LogP contribution in [0.3, 0.4) is 0 Å². The Morgan fingerprint density at radius 1 is 1.00 bits per heavy atom. The van der Waals surface area contributed by atoms with Crippen LogP contribution in [0.15, 0.2) is 24.3 Å². The zero-order valence-corrected chi connectivity index (χ0v) is 16.2. The number of carbonyl (C=O) groups is 4. The molecular formula is C20H25N3O5. The van der Waals surface area contributed by atoms with Crippen LogP contribution in [0, 0.1) is 5.41 Å². The quantitative estimate of drug-likeness (QED) is 0.606.